The van der Waals surface area contributed by atoms with Crippen molar-refractivity contribution in [3.63, 3.8) is 0 Å². The summed E-state index contributed by atoms with van der Waals surface area (Å²) in [5, 5.41) is 6.00. The lowest BCUT2D eigenvalue weighted by Gasteiger charge is -2.21. The van der Waals surface area contributed by atoms with Crippen molar-refractivity contribution in [3.05, 3.63) is 66.1 Å². The first-order valence-corrected chi connectivity index (χ1v) is 12.8. The molecule has 2 fully saturated rings. The zero-order valence-corrected chi connectivity index (χ0v) is 19.6. The van der Waals surface area contributed by atoms with Crippen LogP contribution in [-0.4, -0.2) is 33.0 Å². The molecule has 0 bridgehead atoms. The molecule has 5 aromatic rings. The normalized spacial score (nSPS) is 15.9. The van der Waals surface area contributed by atoms with Crippen LogP contribution in [0.15, 0.2) is 61.1 Å². The van der Waals surface area contributed by atoms with Gasteiger partial charge in [0.25, 0.3) is 0 Å². The van der Waals surface area contributed by atoms with Gasteiger partial charge in [-0.25, -0.2) is 9.97 Å². The summed E-state index contributed by atoms with van der Waals surface area (Å²) in [5.74, 6) is 1.51. The van der Waals surface area contributed by atoms with Crippen LogP contribution in [0.2, 0.25) is 0 Å². The molecule has 1 saturated heterocycles. The van der Waals surface area contributed by atoms with Crippen LogP contribution in [0.25, 0.3) is 32.4 Å². The van der Waals surface area contributed by atoms with Gasteiger partial charge in [-0.05, 0) is 68.1 Å². The lowest BCUT2D eigenvalue weighted by molar-refractivity contribution is 0.949. The van der Waals surface area contributed by atoms with Gasteiger partial charge in [0.2, 0.25) is 0 Å². The third kappa shape index (κ3) is 3.56. The molecule has 0 atom stereocenters. The molecule has 7 heteroatoms. The topological polar surface area (TPSA) is 66.8 Å². The van der Waals surface area contributed by atoms with Crippen molar-refractivity contribution in [2.45, 2.75) is 31.6 Å². The minimum Gasteiger partial charge on any atom is -0.371 e. The van der Waals surface area contributed by atoms with Crippen molar-refractivity contribution in [1.82, 2.24) is 19.9 Å². The average Bonchev–Trinajstić information content (AvgIpc) is 3.41. The second-order valence-corrected chi connectivity index (χ2v) is 10.2. The predicted octanol–water partition coefficient (Wildman–Crippen LogP) is 6.52. The van der Waals surface area contributed by atoms with Crippen LogP contribution in [0, 0.1) is 0 Å². The predicted molar refractivity (Wildman–Crippen MR) is 139 cm³/mol. The molecule has 5 heterocycles. The number of pyridine rings is 3. The molecule has 0 amide bonds. The van der Waals surface area contributed by atoms with Gasteiger partial charge in [0.15, 0.2) is 0 Å². The van der Waals surface area contributed by atoms with E-state index in [4.69, 9.17) is 15.0 Å². The van der Waals surface area contributed by atoms with Gasteiger partial charge in [-0.2, -0.15) is 0 Å². The summed E-state index contributed by atoms with van der Waals surface area (Å²) in [6.07, 6.45) is 10.5. The monoisotopic (exact) mass is 464 g/mol. The Bertz CT molecular complexity index is 1500. The maximum absolute atomic E-state index is 5.10. The molecule has 1 saturated carbocycles. The van der Waals surface area contributed by atoms with Gasteiger partial charge >= 0.3 is 0 Å². The molecule has 0 radical (unpaired) electrons. The highest BCUT2D eigenvalue weighted by atomic mass is 32.1. The van der Waals surface area contributed by atoms with Gasteiger partial charge in [0.1, 0.15) is 5.82 Å². The summed E-state index contributed by atoms with van der Waals surface area (Å²) in [6.45, 7) is 2.14. The molecule has 2 aliphatic rings. The Kier molecular flexibility index (Phi) is 4.68. The largest absolute Gasteiger partial charge is 0.371 e. The van der Waals surface area contributed by atoms with Crippen LogP contribution in [0.4, 0.5) is 17.2 Å². The number of benzene rings is 1. The van der Waals surface area contributed by atoms with Crippen molar-refractivity contribution < 1.29 is 0 Å². The van der Waals surface area contributed by atoms with Crippen LogP contribution >= 0.6 is 11.3 Å². The van der Waals surface area contributed by atoms with Crippen LogP contribution in [0.1, 0.15) is 36.6 Å². The first kappa shape index (κ1) is 19.9. The number of hydrogen-bond acceptors (Lipinski definition) is 7. The van der Waals surface area contributed by atoms with Crippen LogP contribution in [-0.2, 0) is 0 Å². The highest BCUT2D eigenvalue weighted by Gasteiger charge is 2.27. The second kappa shape index (κ2) is 8.02. The van der Waals surface area contributed by atoms with E-state index in [9.17, 15) is 0 Å². The van der Waals surface area contributed by atoms with E-state index < -0.39 is 0 Å². The van der Waals surface area contributed by atoms with Crippen molar-refractivity contribution >= 4 is 49.6 Å². The molecule has 6 nitrogen and oxygen atoms in total. The molecule has 4 aromatic heterocycles. The molecule has 1 aliphatic heterocycles. The van der Waals surface area contributed by atoms with Gasteiger partial charge in [0, 0.05) is 48.8 Å². The number of anilines is 3. The SMILES string of the molecule is c1cc(-c2cc3nccc(N4CCCC4)c3c(Nc3ccc4nc(C5CC5)sc4c3)n2)ccn1. The standard InChI is InChI=1S/C27H24N6S/c1-2-14-33(13-1)23-9-12-29-22-16-21(17-7-10-28-11-8-17)31-26(25(22)23)30-19-5-6-20-24(15-19)34-27(32-20)18-3-4-18/h5-12,15-16,18H,1-4,13-14H2,(H,30,31). The van der Waals surface area contributed by atoms with Crippen LogP contribution < -0.4 is 10.2 Å². The van der Waals surface area contributed by atoms with E-state index in [1.165, 1.54) is 41.1 Å². The van der Waals surface area contributed by atoms with Crippen molar-refractivity contribution in [2.75, 3.05) is 23.3 Å². The Morgan fingerprint density at radius 3 is 2.56 bits per heavy atom. The minimum atomic E-state index is 0.672. The number of rotatable bonds is 5. The van der Waals surface area contributed by atoms with Gasteiger partial charge in [-0.1, -0.05) is 0 Å². The summed E-state index contributed by atoms with van der Waals surface area (Å²) in [7, 11) is 0. The van der Waals surface area contributed by atoms with Gasteiger partial charge in [0.05, 0.1) is 37.5 Å². The number of thiazole rings is 1. The van der Waals surface area contributed by atoms with Crippen molar-refractivity contribution in [2.24, 2.45) is 0 Å². The zero-order valence-electron chi connectivity index (χ0n) is 18.7. The molecule has 168 valence electrons. The molecular weight excluding hydrogens is 440 g/mol. The molecule has 0 unspecified atom stereocenters. The van der Waals surface area contributed by atoms with Crippen molar-refractivity contribution in [3.8, 4) is 11.3 Å². The highest BCUT2D eigenvalue weighted by Crippen LogP contribution is 2.44. The molecule has 0 spiro atoms. The van der Waals surface area contributed by atoms with E-state index in [1.54, 1.807) is 12.4 Å². The fourth-order valence-corrected chi connectivity index (χ4v) is 5.98. The summed E-state index contributed by atoms with van der Waals surface area (Å²) in [6, 6.07) is 14.6. The Morgan fingerprint density at radius 1 is 0.882 bits per heavy atom. The fraction of sp³-hybridized carbons (Fsp3) is 0.259. The van der Waals surface area contributed by atoms with Crippen LogP contribution in [0.3, 0.4) is 0 Å². The Labute approximate surface area is 201 Å². The van der Waals surface area contributed by atoms with Gasteiger partial charge in [-0.15, -0.1) is 11.3 Å². The van der Waals surface area contributed by atoms with Gasteiger partial charge < -0.3 is 10.2 Å². The van der Waals surface area contributed by atoms with E-state index in [1.807, 2.05) is 29.7 Å². The fourth-order valence-electron chi connectivity index (χ4n) is 4.80. The maximum Gasteiger partial charge on any atom is 0.142 e. The van der Waals surface area contributed by atoms with Crippen molar-refractivity contribution in [1.29, 1.82) is 0 Å². The first-order valence-electron chi connectivity index (χ1n) is 11.9. The number of nitrogens with zero attached hydrogens (tertiary/aromatic N) is 5. The van der Waals surface area contributed by atoms with E-state index >= 15 is 0 Å². The molecular formula is C27H24N6S. The van der Waals surface area contributed by atoms with E-state index in [0.29, 0.717) is 5.92 Å². The minimum absolute atomic E-state index is 0.672. The molecule has 1 aliphatic carbocycles. The first-order chi connectivity index (χ1) is 16.8. The van der Waals surface area contributed by atoms with E-state index in [2.05, 4.69) is 45.5 Å². The molecule has 1 N–H and O–H groups in total. The Balaban J connectivity index is 1.37. The van der Waals surface area contributed by atoms with Gasteiger partial charge in [-0.3, -0.25) is 9.97 Å². The lowest BCUT2D eigenvalue weighted by Crippen LogP contribution is -2.18. The third-order valence-corrected chi connectivity index (χ3v) is 7.90. The lowest BCUT2D eigenvalue weighted by atomic mass is 10.1. The summed E-state index contributed by atoms with van der Waals surface area (Å²) >= 11 is 1.82. The third-order valence-electron chi connectivity index (χ3n) is 6.72. The quantitative estimate of drug-likeness (QED) is 0.319. The van der Waals surface area contributed by atoms with Crippen LogP contribution in [0.5, 0.6) is 0 Å². The Morgan fingerprint density at radius 2 is 1.74 bits per heavy atom. The zero-order chi connectivity index (χ0) is 22.5. The van der Waals surface area contributed by atoms with E-state index in [-0.39, 0.29) is 0 Å². The van der Waals surface area contributed by atoms with E-state index in [0.717, 1.165) is 52.3 Å². The number of aromatic nitrogens is 4. The summed E-state index contributed by atoms with van der Waals surface area (Å²) < 4.78 is 1.22. The summed E-state index contributed by atoms with van der Waals surface area (Å²) in [4.78, 5) is 21.3. The Hall–Kier alpha value is -3.58. The summed E-state index contributed by atoms with van der Waals surface area (Å²) in [5.41, 5.74) is 6.17. The smallest absolute Gasteiger partial charge is 0.142 e. The highest BCUT2D eigenvalue weighted by molar-refractivity contribution is 7.18. The average molecular weight is 465 g/mol. The number of fused-ring (bicyclic) bond motifs is 2. The molecule has 34 heavy (non-hydrogen) atoms. The number of nitrogens with one attached hydrogen (secondary N) is 1. The number of hydrogen-bond donors (Lipinski definition) is 1. The molecule has 1 aromatic carbocycles. The second-order valence-electron chi connectivity index (χ2n) is 9.14. The molecule has 7 rings (SSSR count). The maximum atomic E-state index is 5.10.